The second-order valence-electron chi connectivity index (χ2n) is 7.08. The van der Waals surface area contributed by atoms with E-state index in [1.807, 2.05) is 29.2 Å². The lowest BCUT2D eigenvalue weighted by Gasteiger charge is -2.17. The number of likely N-dealkylation sites (tertiary alicyclic amines) is 1. The summed E-state index contributed by atoms with van der Waals surface area (Å²) in [4.78, 5) is 25.8. The summed E-state index contributed by atoms with van der Waals surface area (Å²) in [6, 6.07) is 11.0. The molecule has 1 fully saturated rings. The molecule has 1 aliphatic rings. The Labute approximate surface area is 165 Å². The lowest BCUT2D eigenvalue weighted by Crippen LogP contribution is -2.31. The summed E-state index contributed by atoms with van der Waals surface area (Å²) in [5, 5.41) is 0. The van der Waals surface area contributed by atoms with E-state index in [1.54, 1.807) is 13.0 Å². The molecule has 2 aromatic rings. The van der Waals surface area contributed by atoms with Crippen LogP contribution in [0.1, 0.15) is 37.5 Å². The van der Waals surface area contributed by atoms with Crippen LogP contribution in [-0.4, -0.2) is 36.6 Å². The minimum atomic E-state index is -0.424. The number of carbonyl (C=O) groups excluding carboxylic acids is 1. The molecule has 0 saturated carbocycles. The van der Waals surface area contributed by atoms with E-state index in [1.165, 1.54) is 6.07 Å². The molecule has 1 saturated heterocycles. The van der Waals surface area contributed by atoms with Crippen molar-refractivity contribution in [2.24, 2.45) is 0 Å². The topological polar surface area (TPSA) is 69.0 Å². The third-order valence-corrected chi connectivity index (χ3v) is 4.69. The van der Waals surface area contributed by atoms with Gasteiger partial charge in [0.25, 0.3) is 0 Å². The minimum absolute atomic E-state index is 0.0971. The van der Waals surface area contributed by atoms with E-state index in [9.17, 15) is 9.59 Å². The van der Waals surface area contributed by atoms with E-state index in [4.69, 9.17) is 13.9 Å². The van der Waals surface area contributed by atoms with Crippen molar-refractivity contribution in [3.8, 4) is 11.5 Å². The normalized spacial score (nSPS) is 16.2. The molecule has 0 N–H and O–H groups in total. The molecule has 6 heteroatoms. The van der Waals surface area contributed by atoms with Crippen molar-refractivity contribution in [1.29, 1.82) is 0 Å². The molecule has 6 nitrogen and oxygen atoms in total. The second kappa shape index (κ2) is 9.44. The molecule has 1 aromatic heterocycles. The van der Waals surface area contributed by atoms with Crippen LogP contribution >= 0.6 is 0 Å². The lowest BCUT2D eigenvalue weighted by atomic mass is 10.1. The van der Waals surface area contributed by atoms with Gasteiger partial charge in [-0.05, 0) is 37.5 Å². The summed E-state index contributed by atoms with van der Waals surface area (Å²) in [7, 11) is 0. The third kappa shape index (κ3) is 5.62. The predicted molar refractivity (Wildman–Crippen MR) is 106 cm³/mol. The average Bonchev–Trinajstić information content (AvgIpc) is 3.13. The van der Waals surface area contributed by atoms with Crippen molar-refractivity contribution in [2.75, 3.05) is 19.7 Å². The molecule has 2 heterocycles. The molecule has 0 bridgehead atoms. The highest BCUT2D eigenvalue weighted by atomic mass is 16.5. The number of hydrogen-bond donors (Lipinski definition) is 0. The van der Waals surface area contributed by atoms with Crippen molar-refractivity contribution in [2.45, 2.75) is 45.6 Å². The standard InChI is InChI=1S/C22H27NO5/c1-3-12-26-18-7-4-17(5-8-18)6-9-21(24)23-11-10-19(15-23)28-20-13-16(2)27-22(25)14-20/h4-5,7-8,13-14,19H,3,6,9-12,15H2,1-2H3. The highest BCUT2D eigenvalue weighted by Crippen LogP contribution is 2.20. The fourth-order valence-corrected chi connectivity index (χ4v) is 3.27. The summed E-state index contributed by atoms with van der Waals surface area (Å²) >= 11 is 0. The Morgan fingerprint density at radius 3 is 2.71 bits per heavy atom. The smallest absolute Gasteiger partial charge is 0.339 e. The third-order valence-electron chi connectivity index (χ3n) is 4.69. The van der Waals surface area contributed by atoms with Crippen molar-refractivity contribution >= 4 is 5.91 Å². The average molecular weight is 385 g/mol. The molecule has 1 aromatic carbocycles. The summed E-state index contributed by atoms with van der Waals surface area (Å²) in [5.74, 6) is 2.00. The van der Waals surface area contributed by atoms with E-state index in [0.29, 0.717) is 44.0 Å². The van der Waals surface area contributed by atoms with Gasteiger partial charge in [-0.25, -0.2) is 4.79 Å². The largest absolute Gasteiger partial charge is 0.494 e. The summed E-state index contributed by atoms with van der Waals surface area (Å²) in [5.41, 5.74) is 0.697. The molecule has 1 amide bonds. The second-order valence-corrected chi connectivity index (χ2v) is 7.08. The Kier molecular flexibility index (Phi) is 6.74. The zero-order valence-corrected chi connectivity index (χ0v) is 16.5. The van der Waals surface area contributed by atoms with Gasteiger partial charge in [0, 0.05) is 25.5 Å². The van der Waals surface area contributed by atoms with Crippen LogP contribution in [-0.2, 0) is 11.2 Å². The molecule has 150 valence electrons. The van der Waals surface area contributed by atoms with Crippen molar-refractivity contribution in [3.63, 3.8) is 0 Å². The molecule has 0 aliphatic carbocycles. The van der Waals surface area contributed by atoms with Crippen LogP contribution in [0.25, 0.3) is 0 Å². The van der Waals surface area contributed by atoms with Gasteiger partial charge in [0.2, 0.25) is 5.91 Å². The van der Waals surface area contributed by atoms with E-state index in [2.05, 4.69) is 6.92 Å². The Balaban J connectivity index is 1.46. The predicted octanol–water partition coefficient (Wildman–Crippen LogP) is 3.35. The van der Waals surface area contributed by atoms with Gasteiger partial charge in [-0.15, -0.1) is 0 Å². The highest BCUT2D eigenvalue weighted by molar-refractivity contribution is 5.76. The number of amides is 1. The summed E-state index contributed by atoms with van der Waals surface area (Å²) < 4.78 is 16.4. The van der Waals surface area contributed by atoms with E-state index < -0.39 is 5.63 Å². The fourth-order valence-electron chi connectivity index (χ4n) is 3.27. The maximum absolute atomic E-state index is 12.5. The van der Waals surface area contributed by atoms with Gasteiger partial charge in [0.15, 0.2) is 0 Å². The van der Waals surface area contributed by atoms with Crippen molar-refractivity contribution in [3.05, 3.63) is 58.1 Å². The van der Waals surface area contributed by atoms with Gasteiger partial charge < -0.3 is 18.8 Å². The molecule has 1 aliphatic heterocycles. The SMILES string of the molecule is CCCOc1ccc(CCC(=O)N2CCC(Oc3cc(C)oc(=O)c3)C2)cc1. The molecule has 0 radical (unpaired) electrons. The van der Waals surface area contributed by atoms with Gasteiger partial charge in [-0.1, -0.05) is 19.1 Å². The van der Waals surface area contributed by atoms with E-state index >= 15 is 0 Å². The number of hydrogen-bond acceptors (Lipinski definition) is 5. The monoisotopic (exact) mass is 385 g/mol. The summed E-state index contributed by atoms with van der Waals surface area (Å²) in [6.07, 6.45) is 2.81. The number of ether oxygens (including phenoxy) is 2. The number of aryl methyl sites for hydroxylation is 2. The first-order chi connectivity index (χ1) is 13.5. The molecule has 0 spiro atoms. The fraction of sp³-hybridized carbons (Fsp3) is 0.455. The Hall–Kier alpha value is -2.76. The first-order valence-corrected chi connectivity index (χ1v) is 9.81. The van der Waals surface area contributed by atoms with Crippen LogP contribution in [0.2, 0.25) is 0 Å². The Morgan fingerprint density at radius 1 is 1.21 bits per heavy atom. The molecule has 1 atom stereocenters. The van der Waals surface area contributed by atoms with Crippen molar-refractivity contribution < 1.29 is 18.7 Å². The first kappa shape index (κ1) is 20.0. The number of nitrogens with zero attached hydrogens (tertiary/aromatic N) is 1. The number of carbonyl (C=O) groups is 1. The van der Waals surface area contributed by atoms with Gasteiger partial charge in [0.1, 0.15) is 23.4 Å². The van der Waals surface area contributed by atoms with E-state index in [-0.39, 0.29) is 12.0 Å². The minimum Gasteiger partial charge on any atom is -0.494 e. The number of rotatable bonds is 8. The molecule has 1 unspecified atom stereocenters. The van der Waals surface area contributed by atoms with Gasteiger partial charge in [-0.2, -0.15) is 0 Å². The molecular weight excluding hydrogens is 358 g/mol. The van der Waals surface area contributed by atoms with Crippen molar-refractivity contribution in [1.82, 2.24) is 4.90 Å². The number of benzene rings is 1. The van der Waals surface area contributed by atoms with Crippen LogP contribution in [0.5, 0.6) is 11.5 Å². The van der Waals surface area contributed by atoms with Crippen LogP contribution in [0.4, 0.5) is 0 Å². The van der Waals surface area contributed by atoms with Gasteiger partial charge >= 0.3 is 5.63 Å². The van der Waals surface area contributed by atoms with E-state index in [0.717, 1.165) is 24.2 Å². The van der Waals surface area contributed by atoms with Crippen LogP contribution < -0.4 is 15.1 Å². The quantitative estimate of drug-likeness (QED) is 0.697. The summed E-state index contributed by atoms with van der Waals surface area (Å²) in [6.45, 7) is 5.71. The maximum atomic E-state index is 12.5. The molecule has 28 heavy (non-hydrogen) atoms. The zero-order chi connectivity index (χ0) is 19.9. The first-order valence-electron chi connectivity index (χ1n) is 9.81. The molecule has 3 rings (SSSR count). The highest BCUT2D eigenvalue weighted by Gasteiger charge is 2.27. The van der Waals surface area contributed by atoms with Gasteiger partial charge in [-0.3, -0.25) is 4.79 Å². The lowest BCUT2D eigenvalue weighted by molar-refractivity contribution is -0.130. The zero-order valence-electron chi connectivity index (χ0n) is 16.5. The maximum Gasteiger partial charge on any atom is 0.339 e. The molecular formula is C22H27NO5. The van der Waals surface area contributed by atoms with Crippen LogP contribution in [0, 0.1) is 6.92 Å². The Bertz CT molecular complexity index is 843. The van der Waals surface area contributed by atoms with Crippen LogP contribution in [0.3, 0.4) is 0 Å². The van der Waals surface area contributed by atoms with Crippen LogP contribution in [0.15, 0.2) is 45.6 Å². The van der Waals surface area contributed by atoms with Gasteiger partial charge in [0.05, 0.1) is 19.2 Å². The Morgan fingerprint density at radius 2 is 2.00 bits per heavy atom.